The predicted molar refractivity (Wildman–Crippen MR) is 139 cm³/mol. The van der Waals surface area contributed by atoms with E-state index < -0.39 is 0 Å². The molecule has 1 amide bonds. The highest BCUT2D eigenvalue weighted by molar-refractivity contribution is 5.94. The van der Waals surface area contributed by atoms with Crippen molar-refractivity contribution in [2.45, 2.75) is 32.4 Å². The number of rotatable bonds is 10. The average Bonchev–Trinajstić information content (AvgIpc) is 2.92. The van der Waals surface area contributed by atoms with Crippen molar-refractivity contribution < 1.29 is 14.3 Å². The van der Waals surface area contributed by atoms with E-state index in [2.05, 4.69) is 22.5 Å². The van der Waals surface area contributed by atoms with Gasteiger partial charge in [0.25, 0.3) is 11.5 Å². The Bertz CT molecular complexity index is 1330. The van der Waals surface area contributed by atoms with Gasteiger partial charge in [-0.2, -0.15) is 4.68 Å². The van der Waals surface area contributed by atoms with Gasteiger partial charge in [0.1, 0.15) is 12.4 Å². The Morgan fingerprint density at radius 3 is 2.33 bits per heavy atom. The van der Waals surface area contributed by atoms with Gasteiger partial charge in [-0.25, -0.2) is 0 Å². The van der Waals surface area contributed by atoms with Crippen LogP contribution in [-0.4, -0.2) is 28.8 Å². The molecule has 7 nitrogen and oxygen atoms in total. The normalized spacial score (nSPS) is 11.5. The number of hydrogen-bond donors (Lipinski definition) is 1. The Balaban J connectivity index is 1.36. The average molecular weight is 484 g/mol. The zero-order valence-electron chi connectivity index (χ0n) is 20.4. The lowest BCUT2D eigenvalue weighted by Crippen LogP contribution is -2.32. The molecule has 1 heterocycles. The van der Waals surface area contributed by atoms with Crippen LogP contribution < -0.4 is 20.3 Å². The Hall–Kier alpha value is -4.39. The van der Waals surface area contributed by atoms with Crippen molar-refractivity contribution in [3.63, 3.8) is 0 Å². The minimum Gasteiger partial charge on any atom is -0.497 e. The monoisotopic (exact) mass is 483 g/mol. The van der Waals surface area contributed by atoms with E-state index in [-0.39, 0.29) is 17.5 Å². The molecular weight excluding hydrogens is 454 g/mol. The van der Waals surface area contributed by atoms with Crippen molar-refractivity contribution in [2.75, 3.05) is 7.11 Å². The molecule has 184 valence electrons. The van der Waals surface area contributed by atoms with Gasteiger partial charge in [0.2, 0.25) is 5.88 Å². The van der Waals surface area contributed by atoms with Crippen molar-refractivity contribution in [2.24, 2.45) is 0 Å². The quantitative estimate of drug-likeness (QED) is 0.357. The van der Waals surface area contributed by atoms with Gasteiger partial charge in [-0.1, -0.05) is 42.5 Å². The van der Waals surface area contributed by atoms with Crippen LogP contribution in [-0.2, 0) is 13.0 Å². The molecule has 0 saturated carbocycles. The van der Waals surface area contributed by atoms with Crippen LogP contribution in [0.3, 0.4) is 0 Å². The predicted octanol–water partition coefficient (Wildman–Crippen LogP) is 4.57. The summed E-state index contributed by atoms with van der Waals surface area (Å²) < 4.78 is 12.2. The number of nitrogens with zero attached hydrogens (tertiary/aromatic N) is 2. The number of carbonyl (C=O) groups is 1. The zero-order valence-corrected chi connectivity index (χ0v) is 20.4. The SMILES string of the molecule is COc1ccc(COc2ccc(=O)n(-c3ccc(C(=O)NC(C)CCc4ccccc4)cc3)n2)cc1. The summed E-state index contributed by atoms with van der Waals surface area (Å²) in [6.07, 6.45) is 1.74. The number of methoxy groups -OCH3 is 1. The van der Waals surface area contributed by atoms with Crippen molar-refractivity contribution in [1.82, 2.24) is 15.1 Å². The van der Waals surface area contributed by atoms with E-state index in [0.717, 1.165) is 24.2 Å². The molecule has 7 heteroatoms. The lowest BCUT2D eigenvalue weighted by atomic mass is 10.1. The molecule has 1 N–H and O–H groups in total. The van der Waals surface area contributed by atoms with Crippen LogP contribution in [0, 0.1) is 0 Å². The number of amides is 1. The summed E-state index contributed by atoms with van der Waals surface area (Å²) in [5.74, 6) is 0.933. The van der Waals surface area contributed by atoms with E-state index in [1.807, 2.05) is 49.4 Å². The minimum atomic E-state index is -0.293. The minimum absolute atomic E-state index is 0.0289. The van der Waals surface area contributed by atoms with Gasteiger partial charge in [-0.15, -0.1) is 5.10 Å². The fraction of sp³-hybridized carbons (Fsp3) is 0.207. The van der Waals surface area contributed by atoms with Crippen molar-refractivity contribution in [3.8, 4) is 17.3 Å². The molecule has 1 unspecified atom stereocenters. The van der Waals surface area contributed by atoms with Crippen LogP contribution >= 0.6 is 0 Å². The molecule has 4 aromatic rings. The van der Waals surface area contributed by atoms with Crippen molar-refractivity contribution in [1.29, 1.82) is 0 Å². The number of ether oxygens (including phenoxy) is 2. The van der Waals surface area contributed by atoms with Crippen LogP contribution in [0.4, 0.5) is 0 Å². The first-order valence-electron chi connectivity index (χ1n) is 11.8. The molecule has 0 fully saturated rings. The maximum atomic E-state index is 12.7. The fourth-order valence-electron chi connectivity index (χ4n) is 3.70. The van der Waals surface area contributed by atoms with Crippen LogP contribution in [0.5, 0.6) is 11.6 Å². The van der Waals surface area contributed by atoms with Gasteiger partial charge in [-0.05, 0) is 67.3 Å². The highest BCUT2D eigenvalue weighted by Gasteiger charge is 2.11. The van der Waals surface area contributed by atoms with Gasteiger partial charge < -0.3 is 14.8 Å². The maximum absolute atomic E-state index is 12.7. The topological polar surface area (TPSA) is 82.5 Å². The summed E-state index contributed by atoms with van der Waals surface area (Å²) in [5.41, 5.74) is 2.96. The third-order valence-electron chi connectivity index (χ3n) is 5.78. The Kier molecular flexibility index (Phi) is 8.13. The van der Waals surface area contributed by atoms with Gasteiger partial charge in [0, 0.05) is 23.7 Å². The van der Waals surface area contributed by atoms with E-state index in [1.54, 1.807) is 37.4 Å². The first-order chi connectivity index (χ1) is 17.5. The second kappa shape index (κ2) is 11.8. The second-order valence-electron chi connectivity index (χ2n) is 8.50. The summed E-state index contributed by atoms with van der Waals surface area (Å²) in [6.45, 7) is 2.30. The zero-order chi connectivity index (χ0) is 25.3. The fourth-order valence-corrected chi connectivity index (χ4v) is 3.70. The third-order valence-corrected chi connectivity index (χ3v) is 5.78. The van der Waals surface area contributed by atoms with E-state index in [9.17, 15) is 9.59 Å². The van der Waals surface area contributed by atoms with E-state index in [4.69, 9.17) is 9.47 Å². The van der Waals surface area contributed by atoms with Crippen molar-refractivity contribution in [3.05, 3.63) is 118 Å². The van der Waals surface area contributed by atoms with E-state index in [0.29, 0.717) is 23.7 Å². The van der Waals surface area contributed by atoms with Crippen LogP contribution in [0.15, 0.2) is 95.8 Å². The summed E-state index contributed by atoms with van der Waals surface area (Å²) in [5, 5.41) is 7.36. The summed E-state index contributed by atoms with van der Waals surface area (Å²) in [4.78, 5) is 25.1. The number of benzene rings is 3. The van der Waals surface area contributed by atoms with Gasteiger partial charge in [0.15, 0.2) is 0 Å². The Morgan fingerprint density at radius 1 is 0.917 bits per heavy atom. The Morgan fingerprint density at radius 2 is 1.64 bits per heavy atom. The number of hydrogen-bond acceptors (Lipinski definition) is 5. The summed E-state index contributed by atoms with van der Waals surface area (Å²) >= 11 is 0. The molecule has 1 atom stereocenters. The van der Waals surface area contributed by atoms with E-state index >= 15 is 0 Å². The molecular formula is C29H29N3O4. The number of nitrogens with one attached hydrogen (secondary N) is 1. The summed E-state index contributed by atoms with van der Waals surface area (Å²) in [6, 6.07) is 27.5. The molecule has 3 aromatic carbocycles. The Labute approximate surface area is 210 Å². The van der Waals surface area contributed by atoms with Crippen LogP contribution in [0.2, 0.25) is 0 Å². The largest absolute Gasteiger partial charge is 0.497 e. The first kappa shape index (κ1) is 24.7. The maximum Gasteiger partial charge on any atom is 0.271 e. The molecule has 0 radical (unpaired) electrons. The third kappa shape index (κ3) is 6.60. The number of carbonyl (C=O) groups excluding carboxylic acids is 1. The van der Waals surface area contributed by atoms with E-state index in [1.165, 1.54) is 16.3 Å². The van der Waals surface area contributed by atoms with Gasteiger partial charge in [-0.3, -0.25) is 9.59 Å². The molecule has 0 spiro atoms. The number of aromatic nitrogens is 2. The molecule has 0 aliphatic carbocycles. The standard InChI is InChI=1S/C29H29N3O4/c1-21(8-9-22-6-4-3-5-7-22)30-29(34)24-12-14-25(15-13-24)32-28(33)19-18-27(31-32)36-20-23-10-16-26(35-2)17-11-23/h3-7,10-19,21H,8-9,20H2,1-2H3,(H,30,34). The molecule has 0 saturated heterocycles. The molecule has 0 aliphatic rings. The van der Waals surface area contributed by atoms with Crippen molar-refractivity contribution >= 4 is 5.91 Å². The molecule has 0 bridgehead atoms. The summed E-state index contributed by atoms with van der Waals surface area (Å²) in [7, 11) is 1.62. The highest BCUT2D eigenvalue weighted by atomic mass is 16.5. The smallest absolute Gasteiger partial charge is 0.271 e. The molecule has 4 rings (SSSR count). The second-order valence-corrected chi connectivity index (χ2v) is 8.50. The number of aryl methyl sites for hydroxylation is 1. The van der Waals surface area contributed by atoms with Crippen LogP contribution in [0.1, 0.15) is 34.8 Å². The lowest BCUT2D eigenvalue weighted by Gasteiger charge is -2.14. The van der Waals surface area contributed by atoms with Gasteiger partial charge in [0.05, 0.1) is 12.8 Å². The molecule has 1 aromatic heterocycles. The van der Waals surface area contributed by atoms with Gasteiger partial charge >= 0.3 is 0 Å². The molecule has 36 heavy (non-hydrogen) atoms. The van der Waals surface area contributed by atoms with Crippen LogP contribution in [0.25, 0.3) is 5.69 Å². The highest BCUT2D eigenvalue weighted by Crippen LogP contribution is 2.15. The lowest BCUT2D eigenvalue weighted by molar-refractivity contribution is 0.0938. The first-order valence-corrected chi connectivity index (χ1v) is 11.8. The molecule has 0 aliphatic heterocycles.